The van der Waals surface area contributed by atoms with E-state index >= 15 is 0 Å². The van der Waals surface area contributed by atoms with Gasteiger partial charge >= 0.3 is 0 Å². The van der Waals surface area contributed by atoms with Gasteiger partial charge in [-0.2, -0.15) is 0 Å². The molecule has 7 nitrogen and oxygen atoms in total. The number of non-ortho nitro benzene ring substituents is 1. The first-order valence-electron chi connectivity index (χ1n) is 6.31. The van der Waals surface area contributed by atoms with Crippen molar-refractivity contribution in [1.29, 1.82) is 0 Å². The Bertz CT molecular complexity index is 603. The SMILES string of the molecule is O=[N+]([O-])c1ccc2nc(NCC3CCNC3)[nH]c2c1. The molecular formula is C12H15N5O2. The number of nitrogens with zero attached hydrogens (tertiary/aromatic N) is 2. The van der Waals surface area contributed by atoms with Gasteiger partial charge < -0.3 is 15.6 Å². The first-order chi connectivity index (χ1) is 9.22. The van der Waals surface area contributed by atoms with E-state index in [1.54, 1.807) is 6.07 Å². The van der Waals surface area contributed by atoms with Gasteiger partial charge in [0.2, 0.25) is 5.95 Å². The van der Waals surface area contributed by atoms with Crippen molar-refractivity contribution in [3.8, 4) is 0 Å². The molecule has 0 amide bonds. The molecule has 3 N–H and O–H groups in total. The molecule has 1 aliphatic rings. The Kier molecular flexibility index (Phi) is 3.04. The molecular weight excluding hydrogens is 246 g/mol. The van der Waals surface area contributed by atoms with Crippen molar-refractivity contribution < 1.29 is 4.92 Å². The summed E-state index contributed by atoms with van der Waals surface area (Å²) in [6.45, 7) is 2.95. The van der Waals surface area contributed by atoms with Gasteiger partial charge in [-0.15, -0.1) is 0 Å². The van der Waals surface area contributed by atoms with E-state index in [0.717, 1.165) is 25.2 Å². The largest absolute Gasteiger partial charge is 0.355 e. The van der Waals surface area contributed by atoms with E-state index in [9.17, 15) is 10.1 Å². The van der Waals surface area contributed by atoms with Crippen LogP contribution in [0.3, 0.4) is 0 Å². The number of aromatic amines is 1. The summed E-state index contributed by atoms with van der Waals surface area (Å²) in [5, 5.41) is 17.3. The van der Waals surface area contributed by atoms with Gasteiger partial charge in [0.15, 0.2) is 0 Å². The van der Waals surface area contributed by atoms with E-state index in [1.165, 1.54) is 18.6 Å². The van der Waals surface area contributed by atoms with Gasteiger partial charge in [-0.05, 0) is 31.5 Å². The van der Waals surface area contributed by atoms with E-state index in [1.807, 2.05) is 0 Å². The van der Waals surface area contributed by atoms with Crippen LogP contribution in [0.2, 0.25) is 0 Å². The van der Waals surface area contributed by atoms with Gasteiger partial charge in [-0.1, -0.05) is 0 Å². The van der Waals surface area contributed by atoms with Crippen molar-refractivity contribution >= 4 is 22.7 Å². The van der Waals surface area contributed by atoms with Crippen LogP contribution in [0.15, 0.2) is 18.2 Å². The number of hydrogen-bond donors (Lipinski definition) is 3. The third kappa shape index (κ3) is 2.50. The van der Waals surface area contributed by atoms with Crippen molar-refractivity contribution in [2.24, 2.45) is 5.92 Å². The molecule has 0 aliphatic carbocycles. The lowest BCUT2D eigenvalue weighted by Gasteiger charge is -2.08. The van der Waals surface area contributed by atoms with E-state index < -0.39 is 4.92 Å². The summed E-state index contributed by atoms with van der Waals surface area (Å²) in [6.07, 6.45) is 1.17. The Morgan fingerprint density at radius 2 is 2.42 bits per heavy atom. The van der Waals surface area contributed by atoms with Crippen LogP contribution in [0.25, 0.3) is 11.0 Å². The molecule has 2 heterocycles. The summed E-state index contributed by atoms with van der Waals surface area (Å²) in [4.78, 5) is 17.7. The molecule has 1 aromatic carbocycles. The van der Waals surface area contributed by atoms with Crippen molar-refractivity contribution in [3.63, 3.8) is 0 Å². The topological polar surface area (TPSA) is 95.9 Å². The van der Waals surface area contributed by atoms with Gasteiger partial charge in [-0.25, -0.2) is 4.98 Å². The van der Waals surface area contributed by atoms with Crippen LogP contribution in [0.1, 0.15) is 6.42 Å². The smallest absolute Gasteiger partial charge is 0.271 e. The van der Waals surface area contributed by atoms with Crippen molar-refractivity contribution in [1.82, 2.24) is 15.3 Å². The number of anilines is 1. The van der Waals surface area contributed by atoms with Crippen molar-refractivity contribution in [2.45, 2.75) is 6.42 Å². The Balaban J connectivity index is 1.75. The monoisotopic (exact) mass is 261 g/mol. The van der Waals surface area contributed by atoms with Gasteiger partial charge in [0.25, 0.3) is 5.69 Å². The van der Waals surface area contributed by atoms with E-state index in [2.05, 4.69) is 20.6 Å². The fourth-order valence-electron chi connectivity index (χ4n) is 2.32. The lowest BCUT2D eigenvalue weighted by molar-refractivity contribution is -0.384. The van der Waals surface area contributed by atoms with Crippen molar-refractivity contribution in [2.75, 3.05) is 25.0 Å². The van der Waals surface area contributed by atoms with Gasteiger partial charge in [0.1, 0.15) is 0 Å². The molecule has 0 saturated carbocycles. The summed E-state index contributed by atoms with van der Waals surface area (Å²) in [5.41, 5.74) is 1.49. The summed E-state index contributed by atoms with van der Waals surface area (Å²) < 4.78 is 0. The van der Waals surface area contributed by atoms with E-state index in [-0.39, 0.29) is 5.69 Å². The zero-order valence-electron chi connectivity index (χ0n) is 10.3. The summed E-state index contributed by atoms with van der Waals surface area (Å²) >= 11 is 0. The Morgan fingerprint density at radius 3 is 3.16 bits per heavy atom. The predicted octanol–water partition coefficient (Wildman–Crippen LogP) is 1.49. The number of H-pyrrole nitrogens is 1. The van der Waals surface area contributed by atoms with E-state index in [4.69, 9.17) is 0 Å². The van der Waals surface area contributed by atoms with Crippen LogP contribution < -0.4 is 10.6 Å². The molecule has 0 bridgehead atoms. The second-order valence-corrected chi connectivity index (χ2v) is 4.78. The second-order valence-electron chi connectivity index (χ2n) is 4.78. The summed E-state index contributed by atoms with van der Waals surface area (Å²) in [5.74, 6) is 1.28. The minimum absolute atomic E-state index is 0.0719. The zero-order valence-corrected chi connectivity index (χ0v) is 10.3. The molecule has 0 spiro atoms. The highest BCUT2D eigenvalue weighted by Crippen LogP contribution is 2.20. The fourth-order valence-corrected chi connectivity index (χ4v) is 2.32. The van der Waals surface area contributed by atoms with Crippen LogP contribution in [0.4, 0.5) is 11.6 Å². The van der Waals surface area contributed by atoms with Crippen LogP contribution in [0.5, 0.6) is 0 Å². The molecule has 100 valence electrons. The number of nitrogens with one attached hydrogen (secondary N) is 3. The highest BCUT2D eigenvalue weighted by molar-refractivity contribution is 5.79. The molecule has 19 heavy (non-hydrogen) atoms. The zero-order chi connectivity index (χ0) is 13.2. The van der Waals surface area contributed by atoms with Crippen LogP contribution in [0, 0.1) is 16.0 Å². The normalized spacial score (nSPS) is 18.8. The van der Waals surface area contributed by atoms with Crippen LogP contribution in [-0.2, 0) is 0 Å². The second kappa shape index (κ2) is 4.85. The molecule has 1 aromatic heterocycles. The molecule has 7 heteroatoms. The van der Waals surface area contributed by atoms with Crippen LogP contribution >= 0.6 is 0 Å². The predicted molar refractivity (Wildman–Crippen MR) is 72.2 cm³/mol. The highest BCUT2D eigenvalue weighted by atomic mass is 16.6. The third-order valence-electron chi connectivity index (χ3n) is 3.40. The summed E-state index contributed by atoms with van der Waals surface area (Å²) in [6, 6.07) is 4.63. The average molecular weight is 261 g/mol. The molecule has 1 fully saturated rings. The third-order valence-corrected chi connectivity index (χ3v) is 3.40. The molecule has 3 rings (SSSR count). The van der Waals surface area contributed by atoms with Crippen LogP contribution in [-0.4, -0.2) is 34.5 Å². The standard InChI is InChI=1S/C12H15N5O2/c18-17(19)9-1-2-10-11(5-9)16-12(15-10)14-7-8-3-4-13-6-8/h1-2,5,8,13H,3-4,6-7H2,(H2,14,15,16). The molecule has 0 radical (unpaired) electrons. The quantitative estimate of drug-likeness (QED) is 0.572. The minimum Gasteiger partial charge on any atom is -0.355 e. The maximum absolute atomic E-state index is 10.7. The molecule has 1 saturated heterocycles. The minimum atomic E-state index is -0.405. The Morgan fingerprint density at radius 1 is 1.53 bits per heavy atom. The Labute approximate surface area is 109 Å². The fraction of sp³-hybridized carbons (Fsp3) is 0.417. The first kappa shape index (κ1) is 11.9. The number of rotatable bonds is 4. The summed E-state index contributed by atoms with van der Waals surface area (Å²) in [7, 11) is 0. The van der Waals surface area contributed by atoms with E-state index in [0.29, 0.717) is 17.4 Å². The average Bonchev–Trinajstić information content (AvgIpc) is 3.04. The number of imidazole rings is 1. The molecule has 1 atom stereocenters. The number of fused-ring (bicyclic) bond motifs is 1. The number of hydrogen-bond acceptors (Lipinski definition) is 5. The number of aromatic nitrogens is 2. The molecule has 2 aromatic rings. The maximum atomic E-state index is 10.7. The number of benzene rings is 1. The number of nitro groups is 1. The van der Waals surface area contributed by atoms with Gasteiger partial charge in [0, 0.05) is 18.7 Å². The lowest BCUT2D eigenvalue weighted by atomic mass is 10.1. The molecule has 1 unspecified atom stereocenters. The van der Waals surface area contributed by atoms with Crippen molar-refractivity contribution in [3.05, 3.63) is 28.3 Å². The van der Waals surface area contributed by atoms with Gasteiger partial charge in [-0.3, -0.25) is 10.1 Å². The number of nitro benzene ring substituents is 1. The molecule has 1 aliphatic heterocycles. The first-order valence-corrected chi connectivity index (χ1v) is 6.31. The van der Waals surface area contributed by atoms with Gasteiger partial charge in [0.05, 0.1) is 16.0 Å². The lowest BCUT2D eigenvalue weighted by Crippen LogP contribution is -2.17. The highest BCUT2D eigenvalue weighted by Gasteiger charge is 2.15. The Hall–Kier alpha value is -2.15. The maximum Gasteiger partial charge on any atom is 0.271 e.